The molecule has 2 heterocycles. The van der Waals surface area contributed by atoms with Crippen LogP contribution in [0.2, 0.25) is 0 Å². The van der Waals surface area contributed by atoms with E-state index in [1.165, 1.54) is 16.3 Å². The van der Waals surface area contributed by atoms with Crippen molar-refractivity contribution >= 4 is 27.5 Å². The van der Waals surface area contributed by atoms with Crippen molar-refractivity contribution in [1.29, 1.82) is 0 Å². The fourth-order valence-corrected chi connectivity index (χ4v) is 3.77. The van der Waals surface area contributed by atoms with Crippen LogP contribution in [0, 0.1) is 0 Å². The summed E-state index contributed by atoms with van der Waals surface area (Å²) in [4.78, 5) is 26.9. The van der Waals surface area contributed by atoms with Gasteiger partial charge in [-0.15, -0.1) is 0 Å². The average Bonchev–Trinajstić information content (AvgIpc) is 2.69. The number of amides is 1. The van der Waals surface area contributed by atoms with Crippen LogP contribution in [0.4, 0.5) is 5.69 Å². The zero-order valence-electron chi connectivity index (χ0n) is 14.6. The van der Waals surface area contributed by atoms with Crippen LogP contribution < -0.4 is 10.5 Å². The Hall–Kier alpha value is -2.73. The Morgan fingerprint density at radius 2 is 1.93 bits per heavy atom. The van der Waals surface area contributed by atoms with E-state index in [2.05, 4.69) is 21.0 Å². The summed E-state index contributed by atoms with van der Waals surface area (Å²) < 4.78 is 2.18. The molecule has 1 aliphatic heterocycles. The minimum absolute atomic E-state index is 0.0744. The smallest absolute Gasteiger partial charge is 0.267 e. The van der Waals surface area contributed by atoms with Crippen LogP contribution in [0.25, 0.3) is 11.3 Å². The van der Waals surface area contributed by atoms with Crippen LogP contribution in [-0.2, 0) is 17.8 Å². The number of aromatic nitrogens is 2. The first-order valence-electron chi connectivity index (χ1n) is 8.84. The molecule has 1 aromatic heterocycles. The molecule has 0 aliphatic carbocycles. The van der Waals surface area contributed by atoms with Gasteiger partial charge in [-0.25, -0.2) is 4.68 Å². The van der Waals surface area contributed by atoms with E-state index in [0.29, 0.717) is 12.2 Å². The number of nitrogens with zero attached hydrogens (tertiary/aromatic N) is 3. The van der Waals surface area contributed by atoms with Gasteiger partial charge in [-0.2, -0.15) is 5.10 Å². The third-order valence-corrected chi connectivity index (χ3v) is 5.18. The molecule has 1 amide bonds. The van der Waals surface area contributed by atoms with Crippen molar-refractivity contribution in [3.8, 4) is 11.3 Å². The summed E-state index contributed by atoms with van der Waals surface area (Å²) in [6.07, 6.45) is 1.89. The third-order valence-electron chi connectivity index (χ3n) is 4.68. The number of fused-ring (bicyclic) bond motifs is 1. The third kappa shape index (κ3) is 3.71. The lowest BCUT2D eigenvalue weighted by molar-refractivity contribution is -0.119. The first kappa shape index (κ1) is 17.7. The maximum Gasteiger partial charge on any atom is 0.267 e. The summed E-state index contributed by atoms with van der Waals surface area (Å²) in [5.41, 5.74) is 3.36. The van der Waals surface area contributed by atoms with Crippen molar-refractivity contribution in [2.75, 3.05) is 11.4 Å². The maximum absolute atomic E-state index is 12.9. The normalized spacial score (nSPS) is 13.3. The highest BCUT2D eigenvalue weighted by atomic mass is 79.9. The number of rotatable bonds is 3. The molecule has 3 aromatic rings. The molecule has 0 bridgehead atoms. The van der Waals surface area contributed by atoms with E-state index >= 15 is 0 Å². The number of carbonyl (C=O) groups excluding carboxylic acids is 1. The summed E-state index contributed by atoms with van der Waals surface area (Å²) in [5.74, 6) is -0.122. The minimum atomic E-state index is -0.285. The lowest BCUT2D eigenvalue weighted by atomic mass is 10.0. The Morgan fingerprint density at radius 3 is 2.78 bits per heavy atom. The zero-order valence-corrected chi connectivity index (χ0v) is 16.2. The van der Waals surface area contributed by atoms with E-state index in [1.807, 2.05) is 48.5 Å². The van der Waals surface area contributed by atoms with Gasteiger partial charge < -0.3 is 4.90 Å². The first-order valence-corrected chi connectivity index (χ1v) is 9.63. The zero-order chi connectivity index (χ0) is 18.8. The lowest BCUT2D eigenvalue weighted by Crippen LogP contribution is -2.40. The van der Waals surface area contributed by atoms with E-state index in [0.717, 1.165) is 28.6 Å². The van der Waals surface area contributed by atoms with Crippen molar-refractivity contribution in [1.82, 2.24) is 9.78 Å². The number of benzene rings is 2. The molecule has 6 heteroatoms. The van der Waals surface area contributed by atoms with Crippen LogP contribution in [0.3, 0.4) is 0 Å². The Morgan fingerprint density at radius 1 is 1.07 bits per heavy atom. The van der Waals surface area contributed by atoms with Crippen molar-refractivity contribution in [2.45, 2.75) is 19.4 Å². The van der Waals surface area contributed by atoms with E-state index in [9.17, 15) is 9.59 Å². The van der Waals surface area contributed by atoms with Crippen LogP contribution in [-0.4, -0.2) is 22.2 Å². The highest BCUT2D eigenvalue weighted by Crippen LogP contribution is 2.27. The molecule has 4 rings (SSSR count). The predicted octanol–water partition coefficient (Wildman–Crippen LogP) is 3.65. The van der Waals surface area contributed by atoms with Crippen molar-refractivity contribution in [3.63, 3.8) is 0 Å². The minimum Gasteiger partial charge on any atom is -0.311 e. The molecule has 5 nitrogen and oxygen atoms in total. The fourth-order valence-electron chi connectivity index (χ4n) is 3.37. The van der Waals surface area contributed by atoms with Crippen molar-refractivity contribution < 1.29 is 4.79 Å². The van der Waals surface area contributed by atoms with E-state index in [-0.39, 0.29) is 18.0 Å². The van der Waals surface area contributed by atoms with Gasteiger partial charge >= 0.3 is 0 Å². The molecule has 0 radical (unpaired) electrons. The molecule has 2 aromatic carbocycles. The lowest BCUT2D eigenvalue weighted by Gasteiger charge is -2.29. The molecular formula is C21H18BrN3O2. The summed E-state index contributed by atoms with van der Waals surface area (Å²) in [6.45, 7) is 0.588. The number of hydrogen-bond acceptors (Lipinski definition) is 3. The molecule has 0 N–H and O–H groups in total. The van der Waals surface area contributed by atoms with Gasteiger partial charge in [0, 0.05) is 28.3 Å². The van der Waals surface area contributed by atoms with Crippen LogP contribution in [0.15, 0.2) is 69.9 Å². The second-order valence-corrected chi connectivity index (χ2v) is 7.42. The standard InChI is InChI=1S/C21H18BrN3O2/c22-17-8-3-6-16(13-17)18-10-11-20(26)25(23-18)14-21(27)24-12-4-7-15-5-1-2-9-19(15)24/h1-3,5-6,8-11,13H,4,7,12,14H2. The summed E-state index contributed by atoms with van der Waals surface area (Å²) in [7, 11) is 0. The molecule has 1 aliphatic rings. The highest BCUT2D eigenvalue weighted by molar-refractivity contribution is 9.10. The van der Waals surface area contributed by atoms with E-state index in [1.54, 1.807) is 11.0 Å². The van der Waals surface area contributed by atoms with Crippen LogP contribution >= 0.6 is 15.9 Å². The Bertz CT molecular complexity index is 1060. The number of anilines is 1. The molecule has 27 heavy (non-hydrogen) atoms. The summed E-state index contributed by atoms with van der Waals surface area (Å²) in [6, 6.07) is 18.8. The largest absolute Gasteiger partial charge is 0.311 e. The second kappa shape index (κ2) is 7.48. The maximum atomic E-state index is 12.9. The van der Waals surface area contributed by atoms with Gasteiger partial charge in [-0.05, 0) is 42.7 Å². The average molecular weight is 424 g/mol. The number of para-hydroxylation sites is 1. The second-order valence-electron chi connectivity index (χ2n) is 6.50. The van der Waals surface area contributed by atoms with Gasteiger partial charge in [-0.3, -0.25) is 9.59 Å². The number of hydrogen-bond donors (Lipinski definition) is 0. The molecule has 0 saturated carbocycles. The molecule has 0 atom stereocenters. The summed E-state index contributed by atoms with van der Waals surface area (Å²) >= 11 is 3.44. The monoisotopic (exact) mass is 423 g/mol. The molecule has 0 saturated heterocycles. The number of aryl methyl sites for hydroxylation is 1. The van der Waals surface area contributed by atoms with Gasteiger partial charge in [0.1, 0.15) is 6.54 Å². The topological polar surface area (TPSA) is 55.2 Å². The van der Waals surface area contributed by atoms with Gasteiger partial charge in [-0.1, -0.05) is 46.3 Å². The molecule has 0 fully saturated rings. The molecule has 0 unspecified atom stereocenters. The van der Waals surface area contributed by atoms with Gasteiger partial charge in [0.15, 0.2) is 0 Å². The van der Waals surface area contributed by atoms with E-state index < -0.39 is 0 Å². The SMILES string of the molecule is O=C(Cn1nc(-c2cccc(Br)c2)ccc1=O)N1CCCc2ccccc21. The Balaban J connectivity index is 1.62. The Labute approximate surface area is 165 Å². The van der Waals surface area contributed by atoms with Crippen LogP contribution in [0.5, 0.6) is 0 Å². The molecular weight excluding hydrogens is 406 g/mol. The van der Waals surface area contributed by atoms with Gasteiger partial charge in [0.25, 0.3) is 5.56 Å². The fraction of sp³-hybridized carbons (Fsp3) is 0.190. The molecule has 136 valence electrons. The predicted molar refractivity (Wildman–Crippen MR) is 109 cm³/mol. The Kier molecular flexibility index (Phi) is 4.90. The van der Waals surface area contributed by atoms with Crippen molar-refractivity contribution in [2.24, 2.45) is 0 Å². The van der Waals surface area contributed by atoms with Crippen molar-refractivity contribution in [3.05, 3.63) is 81.1 Å². The highest BCUT2D eigenvalue weighted by Gasteiger charge is 2.22. The summed E-state index contributed by atoms with van der Waals surface area (Å²) in [5, 5.41) is 4.41. The van der Waals surface area contributed by atoms with Crippen LogP contribution in [0.1, 0.15) is 12.0 Å². The molecule has 0 spiro atoms. The van der Waals surface area contributed by atoms with Gasteiger partial charge in [0.05, 0.1) is 5.69 Å². The van der Waals surface area contributed by atoms with Gasteiger partial charge in [0.2, 0.25) is 5.91 Å². The first-order chi connectivity index (χ1) is 13.1. The van der Waals surface area contributed by atoms with E-state index in [4.69, 9.17) is 0 Å². The quantitative estimate of drug-likeness (QED) is 0.645. The number of carbonyl (C=O) groups is 1. The number of halogens is 1.